The van der Waals surface area contributed by atoms with E-state index in [0.717, 1.165) is 12.1 Å². The Kier molecular flexibility index (Phi) is 2.31. The highest BCUT2D eigenvalue weighted by Crippen LogP contribution is 2.42. The third kappa shape index (κ3) is 1.77. The molecule has 0 amide bonds. The number of hydrogen-bond donors (Lipinski definition) is 3. The van der Waals surface area contributed by atoms with Crippen molar-refractivity contribution < 1.29 is 5.11 Å². The van der Waals surface area contributed by atoms with Crippen LogP contribution >= 0.6 is 0 Å². The molecule has 1 saturated carbocycles. The summed E-state index contributed by atoms with van der Waals surface area (Å²) in [6.45, 7) is 4.11. The van der Waals surface area contributed by atoms with E-state index in [4.69, 9.17) is 5.73 Å². The van der Waals surface area contributed by atoms with Gasteiger partial charge in [-0.2, -0.15) is 0 Å². The van der Waals surface area contributed by atoms with Gasteiger partial charge in [0.2, 0.25) is 0 Å². The van der Waals surface area contributed by atoms with Crippen LogP contribution in [0.2, 0.25) is 0 Å². The summed E-state index contributed by atoms with van der Waals surface area (Å²) in [5.41, 5.74) is 7.13. The third-order valence-corrected chi connectivity index (χ3v) is 3.32. The summed E-state index contributed by atoms with van der Waals surface area (Å²) in [5.74, 6) is 0. The second-order valence-electron chi connectivity index (χ2n) is 4.78. The average molecular weight is 207 g/mol. The molecule has 0 spiro atoms. The maximum absolute atomic E-state index is 9.60. The molecule has 1 aromatic heterocycles. The molecule has 0 saturated heterocycles. The van der Waals surface area contributed by atoms with Crippen LogP contribution in [0.5, 0.6) is 0 Å². The molecule has 4 heteroatoms. The fourth-order valence-corrected chi connectivity index (χ4v) is 1.89. The molecule has 1 aliphatic carbocycles. The van der Waals surface area contributed by atoms with Crippen LogP contribution in [0.3, 0.4) is 0 Å². The minimum absolute atomic E-state index is 0.0788. The van der Waals surface area contributed by atoms with Gasteiger partial charge in [-0.25, -0.2) is 0 Å². The second kappa shape index (κ2) is 3.38. The first-order valence-electron chi connectivity index (χ1n) is 5.15. The minimum Gasteiger partial charge on any atom is -0.397 e. The van der Waals surface area contributed by atoms with Crippen LogP contribution in [-0.2, 0) is 0 Å². The number of rotatable bonds is 2. The molecule has 2 atom stereocenters. The molecular weight excluding hydrogens is 190 g/mol. The first-order chi connectivity index (χ1) is 7.00. The van der Waals surface area contributed by atoms with Crippen molar-refractivity contribution in [2.24, 2.45) is 5.41 Å². The molecule has 4 nitrogen and oxygen atoms in total. The predicted molar refractivity (Wildman–Crippen MR) is 60.5 cm³/mol. The van der Waals surface area contributed by atoms with Gasteiger partial charge in [0.05, 0.1) is 23.7 Å². The molecule has 1 aromatic rings. The van der Waals surface area contributed by atoms with Crippen molar-refractivity contribution in [2.45, 2.75) is 32.4 Å². The molecule has 1 fully saturated rings. The topological polar surface area (TPSA) is 71.2 Å². The molecular formula is C11H17N3O. The molecule has 2 rings (SSSR count). The van der Waals surface area contributed by atoms with E-state index in [0.29, 0.717) is 5.69 Å². The molecule has 4 N–H and O–H groups in total. The molecule has 1 aliphatic rings. The molecule has 0 aliphatic heterocycles. The zero-order valence-corrected chi connectivity index (χ0v) is 9.07. The zero-order valence-electron chi connectivity index (χ0n) is 9.07. The minimum atomic E-state index is -0.219. The SMILES string of the molecule is CC1(C)C(O)CC1Nc1cncc(N)c1. The fraction of sp³-hybridized carbons (Fsp3) is 0.545. The molecule has 0 aromatic carbocycles. The number of nitrogens with zero attached hydrogens (tertiary/aromatic N) is 1. The number of pyridine rings is 1. The van der Waals surface area contributed by atoms with Gasteiger partial charge in [0, 0.05) is 17.7 Å². The first kappa shape index (κ1) is 10.2. The number of aliphatic hydroxyl groups is 1. The number of nitrogens with two attached hydrogens (primary N) is 1. The summed E-state index contributed by atoms with van der Waals surface area (Å²) in [4.78, 5) is 4.01. The van der Waals surface area contributed by atoms with E-state index < -0.39 is 0 Å². The van der Waals surface area contributed by atoms with Gasteiger partial charge < -0.3 is 16.2 Å². The lowest BCUT2D eigenvalue weighted by Crippen LogP contribution is -2.56. The lowest BCUT2D eigenvalue weighted by molar-refractivity contribution is -0.0510. The van der Waals surface area contributed by atoms with Crippen molar-refractivity contribution in [3.8, 4) is 0 Å². The van der Waals surface area contributed by atoms with E-state index in [1.807, 2.05) is 6.07 Å². The Labute approximate surface area is 89.5 Å². The number of nitrogens with one attached hydrogen (secondary N) is 1. The van der Waals surface area contributed by atoms with Crippen LogP contribution in [0.4, 0.5) is 11.4 Å². The summed E-state index contributed by atoms with van der Waals surface area (Å²) >= 11 is 0. The Bertz CT molecular complexity index is 365. The van der Waals surface area contributed by atoms with Crippen LogP contribution in [0.15, 0.2) is 18.5 Å². The monoisotopic (exact) mass is 207 g/mol. The Morgan fingerprint density at radius 1 is 1.53 bits per heavy atom. The quantitative estimate of drug-likeness (QED) is 0.682. The number of aromatic nitrogens is 1. The molecule has 0 bridgehead atoms. The Balaban J connectivity index is 2.05. The van der Waals surface area contributed by atoms with E-state index in [2.05, 4.69) is 24.1 Å². The van der Waals surface area contributed by atoms with Crippen LogP contribution in [0.1, 0.15) is 20.3 Å². The van der Waals surface area contributed by atoms with E-state index in [1.165, 1.54) is 0 Å². The maximum Gasteiger partial charge on any atom is 0.0630 e. The standard InChI is InChI=1S/C11H17N3O/c1-11(2)9(4-10(11)15)14-8-3-7(12)5-13-6-8/h3,5-6,9-10,14-15H,4,12H2,1-2H3. The fourth-order valence-electron chi connectivity index (χ4n) is 1.89. The Morgan fingerprint density at radius 3 is 2.80 bits per heavy atom. The summed E-state index contributed by atoms with van der Waals surface area (Å²) in [6, 6.07) is 2.14. The summed E-state index contributed by atoms with van der Waals surface area (Å²) in [6.07, 6.45) is 3.93. The van der Waals surface area contributed by atoms with Crippen molar-refractivity contribution in [3.05, 3.63) is 18.5 Å². The van der Waals surface area contributed by atoms with Crippen molar-refractivity contribution >= 4 is 11.4 Å². The van der Waals surface area contributed by atoms with E-state index in [1.54, 1.807) is 12.4 Å². The van der Waals surface area contributed by atoms with E-state index in [9.17, 15) is 5.11 Å². The van der Waals surface area contributed by atoms with Gasteiger partial charge >= 0.3 is 0 Å². The largest absolute Gasteiger partial charge is 0.397 e. The van der Waals surface area contributed by atoms with Gasteiger partial charge in [-0.15, -0.1) is 0 Å². The normalized spacial score (nSPS) is 28.2. The highest BCUT2D eigenvalue weighted by Gasteiger charge is 2.47. The maximum atomic E-state index is 9.60. The molecule has 2 unspecified atom stereocenters. The van der Waals surface area contributed by atoms with E-state index >= 15 is 0 Å². The number of aliphatic hydroxyl groups excluding tert-OH is 1. The highest BCUT2D eigenvalue weighted by atomic mass is 16.3. The predicted octanol–water partition coefficient (Wildman–Crippen LogP) is 1.24. The molecule has 1 heterocycles. The lowest BCUT2D eigenvalue weighted by atomic mass is 9.64. The smallest absolute Gasteiger partial charge is 0.0630 e. The molecule has 15 heavy (non-hydrogen) atoms. The third-order valence-electron chi connectivity index (χ3n) is 3.32. The van der Waals surface area contributed by atoms with Gasteiger partial charge in [-0.05, 0) is 12.5 Å². The molecule has 0 radical (unpaired) electrons. The highest BCUT2D eigenvalue weighted by molar-refractivity contribution is 5.52. The summed E-state index contributed by atoms with van der Waals surface area (Å²) in [5, 5.41) is 12.9. The van der Waals surface area contributed by atoms with Crippen LogP contribution in [-0.4, -0.2) is 22.2 Å². The van der Waals surface area contributed by atoms with Crippen molar-refractivity contribution in [3.63, 3.8) is 0 Å². The number of nitrogen functional groups attached to an aromatic ring is 1. The van der Waals surface area contributed by atoms with Crippen LogP contribution in [0, 0.1) is 5.41 Å². The van der Waals surface area contributed by atoms with Crippen molar-refractivity contribution in [1.82, 2.24) is 4.98 Å². The van der Waals surface area contributed by atoms with Crippen molar-refractivity contribution in [1.29, 1.82) is 0 Å². The van der Waals surface area contributed by atoms with Gasteiger partial charge in [-0.3, -0.25) is 4.98 Å². The molecule has 82 valence electrons. The van der Waals surface area contributed by atoms with Crippen LogP contribution < -0.4 is 11.1 Å². The van der Waals surface area contributed by atoms with Gasteiger partial charge in [0.15, 0.2) is 0 Å². The van der Waals surface area contributed by atoms with E-state index in [-0.39, 0.29) is 17.6 Å². The second-order valence-corrected chi connectivity index (χ2v) is 4.78. The average Bonchev–Trinajstić information content (AvgIpc) is 2.17. The first-order valence-corrected chi connectivity index (χ1v) is 5.15. The van der Waals surface area contributed by atoms with Gasteiger partial charge in [0.1, 0.15) is 0 Å². The van der Waals surface area contributed by atoms with Gasteiger partial charge in [-0.1, -0.05) is 13.8 Å². The Morgan fingerprint density at radius 2 is 2.27 bits per heavy atom. The summed E-state index contributed by atoms with van der Waals surface area (Å²) < 4.78 is 0. The van der Waals surface area contributed by atoms with Crippen LogP contribution in [0.25, 0.3) is 0 Å². The number of anilines is 2. The zero-order chi connectivity index (χ0) is 11.1. The number of hydrogen-bond acceptors (Lipinski definition) is 4. The lowest BCUT2D eigenvalue weighted by Gasteiger charge is -2.49. The van der Waals surface area contributed by atoms with Gasteiger partial charge in [0.25, 0.3) is 0 Å². The van der Waals surface area contributed by atoms with Crippen molar-refractivity contribution in [2.75, 3.05) is 11.1 Å². The Hall–Kier alpha value is -1.29. The summed E-state index contributed by atoms with van der Waals surface area (Å²) in [7, 11) is 0.